The minimum atomic E-state index is -5.03. The van der Waals surface area contributed by atoms with Crippen LogP contribution in [0.5, 0.6) is 0 Å². The van der Waals surface area contributed by atoms with Crippen LogP contribution in [0.3, 0.4) is 0 Å². The zero-order valence-corrected chi connectivity index (χ0v) is 25.0. The molecule has 0 aliphatic carbocycles. The molecular formula is C27H36ClF3N4O6S. The fourth-order valence-corrected chi connectivity index (χ4v) is 6.81. The van der Waals surface area contributed by atoms with E-state index in [4.69, 9.17) is 4.74 Å². The number of esters is 1. The molecule has 4 rings (SSSR count). The normalized spacial score (nSPS) is 21.9. The molecule has 2 N–H and O–H groups in total. The van der Waals surface area contributed by atoms with E-state index < -0.39 is 46.1 Å². The molecule has 1 fully saturated rings. The molecule has 10 nitrogen and oxygen atoms in total. The highest BCUT2D eigenvalue weighted by atomic mass is 35.5. The van der Waals surface area contributed by atoms with Crippen molar-refractivity contribution in [2.45, 2.75) is 68.7 Å². The van der Waals surface area contributed by atoms with E-state index in [0.717, 1.165) is 12.1 Å². The smallest absolute Gasteiger partial charge is 0.467 e. The van der Waals surface area contributed by atoms with Crippen molar-refractivity contribution in [1.82, 2.24) is 19.8 Å². The summed E-state index contributed by atoms with van der Waals surface area (Å²) in [5, 5.41) is 3.20. The van der Waals surface area contributed by atoms with Gasteiger partial charge >= 0.3 is 18.1 Å². The first kappa shape index (κ1) is 33.8. The van der Waals surface area contributed by atoms with Crippen LogP contribution in [0.25, 0.3) is 0 Å². The molecule has 1 aromatic carbocycles. The zero-order chi connectivity index (χ0) is 29.9. The molecular weight excluding hydrogens is 601 g/mol. The number of benzene rings is 1. The largest absolute Gasteiger partial charge is 0.471 e. The number of likely N-dealkylation sites (tertiary alicyclic amines) is 1. The Labute approximate surface area is 249 Å². The second kappa shape index (κ2) is 13.7. The lowest BCUT2D eigenvalue weighted by Gasteiger charge is -2.38. The number of carbonyl (C=O) groups excluding carboxylic acids is 3. The van der Waals surface area contributed by atoms with Gasteiger partial charge in [-0.15, -0.1) is 12.4 Å². The van der Waals surface area contributed by atoms with Crippen LogP contribution in [0, 0.1) is 5.92 Å². The number of nitrogens with zero attached hydrogens (tertiary/aromatic N) is 2. The molecule has 0 aromatic heterocycles. The lowest BCUT2D eigenvalue weighted by atomic mass is 9.91. The molecule has 3 heterocycles. The Morgan fingerprint density at radius 2 is 1.93 bits per heavy atom. The number of hydrogen-bond acceptors (Lipinski definition) is 7. The van der Waals surface area contributed by atoms with E-state index in [2.05, 4.69) is 10.0 Å². The maximum Gasteiger partial charge on any atom is 0.471 e. The van der Waals surface area contributed by atoms with E-state index in [-0.39, 0.29) is 61.3 Å². The van der Waals surface area contributed by atoms with Crippen LogP contribution in [0.2, 0.25) is 0 Å². The van der Waals surface area contributed by atoms with Crippen molar-refractivity contribution >= 4 is 40.2 Å². The van der Waals surface area contributed by atoms with Gasteiger partial charge in [0.1, 0.15) is 12.1 Å². The van der Waals surface area contributed by atoms with E-state index in [9.17, 15) is 36.0 Å². The average molecular weight is 637 g/mol. The maximum atomic E-state index is 13.9. The third-order valence-electron chi connectivity index (χ3n) is 7.82. The van der Waals surface area contributed by atoms with E-state index in [1.165, 1.54) is 30.2 Å². The zero-order valence-electron chi connectivity index (χ0n) is 23.4. The molecule has 1 aromatic rings. The Morgan fingerprint density at radius 3 is 2.57 bits per heavy atom. The molecule has 2 amide bonds. The number of alkyl halides is 3. The number of rotatable bonds is 7. The molecule has 42 heavy (non-hydrogen) atoms. The van der Waals surface area contributed by atoms with Gasteiger partial charge in [-0.1, -0.05) is 24.6 Å². The highest BCUT2D eigenvalue weighted by Crippen LogP contribution is 2.28. The highest BCUT2D eigenvalue weighted by Gasteiger charge is 2.43. The Hall–Kier alpha value is -2.68. The number of methoxy groups -OCH3 is 1. The highest BCUT2D eigenvalue weighted by molar-refractivity contribution is 7.89. The van der Waals surface area contributed by atoms with Gasteiger partial charge in [-0.05, 0) is 67.8 Å². The Morgan fingerprint density at radius 1 is 1.19 bits per heavy atom. The molecule has 0 unspecified atom stereocenters. The topological polar surface area (TPSA) is 125 Å². The molecule has 0 radical (unpaired) electrons. The van der Waals surface area contributed by atoms with Gasteiger partial charge in [0.25, 0.3) is 0 Å². The van der Waals surface area contributed by atoms with Crippen LogP contribution >= 0.6 is 12.4 Å². The summed E-state index contributed by atoms with van der Waals surface area (Å²) in [5.41, 5.74) is 1.77. The van der Waals surface area contributed by atoms with Crippen molar-refractivity contribution in [2.75, 3.05) is 33.3 Å². The SMILES string of the molecule is COC(=O)[C@@H]1C[C@H](C)CCN1C(=O)[C@H](CC1=CCCNC1)NS(=O)(=O)c1ccc2c(c1)CN(C(=O)C(F)(F)F)CC2.Cl. The summed E-state index contributed by atoms with van der Waals surface area (Å²) in [4.78, 5) is 40.0. The van der Waals surface area contributed by atoms with Crippen LogP contribution in [-0.2, 0) is 42.1 Å². The summed E-state index contributed by atoms with van der Waals surface area (Å²) in [6, 6.07) is 2.03. The minimum Gasteiger partial charge on any atom is -0.467 e. The van der Waals surface area contributed by atoms with Gasteiger partial charge in [-0.25, -0.2) is 13.2 Å². The van der Waals surface area contributed by atoms with E-state index in [0.29, 0.717) is 36.3 Å². The van der Waals surface area contributed by atoms with E-state index in [1.54, 1.807) is 0 Å². The summed E-state index contributed by atoms with van der Waals surface area (Å²) in [7, 11) is -3.10. The molecule has 3 aliphatic heterocycles. The summed E-state index contributed by atoms with van der Waals surface area (Å²) < 4.78 is 73.6. The van der Waals surface area contributed by atoms with Gasteiger partial charge in [0.15, 0.2) is 0 Å². The lowest BCUT2D eigenvalue weighted by Crippen LogP contribution is -2.56. The number of hydrogen-bond donors (Lipinski definition) is 2. The maximum absolute atomic E-state index is 13.9. The average Bonchev–Trinajstić information content (AvgIpc) is 2.95. The Kier molecular flexibility index (Phi) is 11.1. The van der Waals surface area contributed by atoms with Crippen molar-refractivity contribution in [3.05, 3.63) is 41.0 Å². The van der Waals surface area contributed by atoms with Crippen molar-refractivity contribution in [2.24, 2.45) is 5.92 Å². The molecule has 0 bridgehead atoms. The first-order valence-corrected chi connectivity index (χ1v) is 15.1. The molecule has 15 heteroatoms. The Balaban J connectivity index is 0.00000484. The van der Waals surface area contributed by atoms with Crippen LogP contribution in [0.1, 0.15) is 43.7 Å². The summed E-state index contributed by atoms with van der Waals surface area (Å²) in [6.45, 7) is 2.94. The number of piperidine rings is 1. The van der Waals surface area contributed by atoms with Gasteiger partial charge in [-0.3, -0.25) is 9.59 Å². The Bertz CT molecular complexity index is 1320. The fraction of sp³-hybridized carbons (Fsp3) is 0.593. The standard InChI is InChI=1S/C27H35F3N4O6S.ClH/c1-17-7-11-34(23(12-17)25(36)40-2)24(35)22(13-18-4-3-9-31-15-18)32-41(38,39)21-6-5-19-8-10-33(16-20(19)14-21)26(37)27(28,29)30;/h4-6,14,17,22-23,31-32H,3,7-13,15-16H2,1-2H3;1H/t17-,22+,23+;/m1./s1. The van der Waals surface area contributed by atoms with Gasteiger partial charge in [-0.2, -0.15) is 17.9 Å². The summed E-state index contributed by atoms with van der Waals surface area (Å²) in [6.07, 6.45) is -1.12. The van der Waals surface area contributed by atoms with Crippen LogP contribution in [0.15, 0.2) is 34.7 Å². The predicted molar refractivity (Wildman–Crippen MR) is 149 cm³/mol. The second-order valence-electron chi connectivity index (χ2n) is 10.8. The van der Waals surface area contributed by atoms with E-state index >= 15 is 0 Å². The monoisotopic (exact) mass is 636 g/mol. The predicted octanol–water partition coefficient (Wildman–Crippen LogP) is 2.31. The summed E-state index contributed by atoms with van der Waals surface area (Å²) in [5.74, 6) is -2.94. The first-order chi connectivity index (χ1) is 19.3. The van der Waals surface area contributed by atoms with Gasteiger partial charge in [0.05, 0.1) is 12.0 Å². The van der Waals surface area contributed by atoms with Gasteiger partial charge in [0, 0.05) is 26.2 Å². The van der Waals surface area contributed by atoms with Crippen LogP contribution in [-0.4, -0.2) is 87.6 Å². The van der Waals surface area contributed by atoms with Gasteiger partial charge < -0.3 is 19.9 Å². The molecule has 0 saturated carbocycles. The van der Waals surface area contributed by atoms with Crippen molar-refractivity contribution in [1.29, 1.82) is 0 Å². The van der Waals surface area contributed by atoms with Crippen molar-refractivity contribution in [3.63, 3.8) is 0 Å². The fourth-order valence-electron chi connectivity index (χ4n) is 5.57. The van der Waals surface area contributed by atoms with Gasteiger partial charge in [0.2, 0.25) is 15.9 Å². The number of fused-ring (bicyclic) bond motifs is 1. The molecule has 1 saturated heterocycles. The number of sulfonamides is 1. The number of ether oxygens (including phenoxy) is 1. The number of nitrogens with one attached hydrogen (secondary N) is 2. The van der Waals surface area contributed by atoms with E-state index in [1.807, 2.05) is 13.0 Å². The van der Waals surface area contributed by atoms with Crippen LogP contribution < -0.4 is 10.0 Å². The second-order valence-corrected chi connectivity index (χ2v) is 12.5. The first-order valence-electron chi connectivity index (χ1n) is 13.6. The third-order valence-corrected chi connectivity index (χ3v) is 9.29. The lowest BCUT2D eigenvalue weighted by molar-refractivity contribution is -0.186. The quantitative estimate of drug-likeness (QED) is 0.348. The summed E-state index contributed by atoms with van der Waals surface area (Å²) >= 11 is 0. The molecule has 234 valence electrons. The number of halogens is 4. The molecule has 0 spiro atoms. The minimum absolute atomic E-state index is 0. The number of carbonyl (C=O) groups is 3. The third kappa shape index (κ3) is 7.82. The molecule has 3 atom stereocenters. The molecule has 3 aliphatic rings. The van der Waals surface area contributed by atoms with Crippen molar-refractivity contribution in [3.8, 4) is 0 Å². The van der Waals surface area contributed by atoms with Crippen LogP contribution in [0.4, 0.5) is 13.2 Å². The van der Waals surface area contributed by atoms with Crippen molar-refractivity contribution < 1.29 is 40.7 Å². The number of amides is 2.